The Morgan fingerprint density at radius 1 is 1.50 bits per heavy atom. The van der Waals surface area contributed by atoms with Crippen LogP contribution in [0.5, 0.6) is 0 Å². The highest BCUT2D eigenvalue weighted by Gasteiger charge is 2.36. The van der Waals surface area contributed by atoms with E-state index in [-0.39, 0.29) is 18.2 Å². The van der Waals surface area contributed by atoms with E-state index in [0.29, 0.717) is 5.17 Å². The summed E-state index contributed by atoms with van der Waals surface area (Å²) in [4.78, 5) is 24.9. The predicted molar refractivity (Wildman–Crippen MR) is 92.0 cm³/mol. The Morgan fingerprint density at radius 3 is 2.91 bits per heavy atom. The summed E-state index contributed by atoms with van der Waals surface area (Å²) in [5.74, 6) is -0.305. The smallest absolute Gasteiger partial charge is 0.242 e. The molecule has 0 radical (unpaired) electrons. The summed E-state index contributed by atoms with van der Waals surface area (Å²) in [6, 6.07) is 7.63. The van der Waals surface area contributed by atoms with E-state index in [1.165, 1.54) is 16.7 Å². The van der Waals surface area contributed by atoms with Gasteiger partial charge < -0.3 is 5.32 Å². The summed E-state index contributed by atoms with van der Waals surface area (Å²) in [6.07, 6.45) is 1.75. The van der Waals surface area contributed by atoms with Gasteiger partial charge in [0.2, 0.25) is 11.8 Å². The third-order valence-corrected chi connectivity index (χ3v) is 4.98. The molecule has 22 heavy (non-hydrogen) atoms. The minimum Gasteiger partial charge on any atom is -0.359 e. The van der Waals surface area contributed by atoms with E-state index in [0.717, 1.165) is 10.0 Å². The van der Waals surface area contributed by atoms with E-state index in [9.17, 15) is 9.59 Å². The number of hydrogen-bond acceptors (Lipinski definition) is 5. The first-order chi connectivity index (χ1) is 10.5. The monoisotopic (exact) mass is 382 g/mol. The molecule has 1 aromatic carbocycles. The van der Waals surface area contributed by atoms with Crippen molar-refractivity contribution >= 4 is 50.9 Å². The molecule has 1 unspecified atom stereocenters. The highest BCUT2D eigenvalue weighted by Crippen LogP contribution is 2.28. The first-order valence-electron chi connectivity index (χ1n) is 6.53. The van der Waals surface area contributed by atoms with E-state index >= 15 is 0 Å². The molecule has 0 saturated carbocycles. The molecule has 1 heterocycles. The first kappa shape index (κ1) is 16.7. The molecular weight excluding hydrogens is 368 g/mol. The van der Waals surface area contributed by atoms with E-state index in [4.69, 9.17) is 0 Å². The molecule has 1 fully saturated rings. The fourth-order valence-electron chi connectivity index (χ4n) is 1.78. The van der Waals surface area contributed by atoms with Crippen molar-refractivity contribution < 1.29 is 9.59 Å². The van der Waals surface area contributed by atoms with E-state index < -0.39 is 5.25 Å². The van der Waals surface area contributed by atoms with Crippen LogP contribution >= 0.6 is 27.7 Å². The molecule has 8 heteroatoms. The quantitative estimate of drug-likeness (QED) is 0.637. The van der Waals surface area contributed by atoms with Crippen LogP contribution < -0.4 is 5.32 Å². The van der Waals surface area contributed by atoms with Crippen molar-refractivity contribution in [3.8, 4) is 0 Å². The van der Waals surface area contributed by atoms with Gasteiger partial charge in [-0.25, -0.2) is 0 Å². The number of rotatable bonds is 4. The molecule has 0 aliphatic carbocycles. The number of halogens is 1. The van der Waals surface area contributed by atoms with Gasteiger partial charge in [-0.3, -0.25) is 14.5 Å². The van der Waals surface area contributed by atoms with Crippen LogP contribution in [0.15, 0.2) is 38.9 Å². The lowest BCUT2D eigenvalue weighted by Crippen LogP contribution is -2.31. The lowest BCUT2D eigenvalue weighted by atomic mass is 10.2. The van der Waals surface area contributed by atoms with E-state index in [1.54, 1.807) is 20.3 Å². The van der Waals surface area contributed by atoms with Crippen molar-refractivity contribution in [3.63, 3.8) is 0 Å². The van der Waals surface area contributed by atoms with Gasteiger partial charge in [-0.1, -0.05) is 45.9 Å². The topological polar surface area (TPSA) is 74.1 Å². The highest BCUT2D eigenvalue weighted by molar-refractivity contribution is 9.10. The van der Waals surface area contributed by atoms with Crippen LogP contribution in [0.2, 0.25) is 0 Å². The molecule has 1 saturated heterocycles. The Bertz CT molecular complexity index is 647. The number of amides is 2. The van der Waals surface area contributed by atoms with Crippen LogP contribution in [-0.2, 0) is 9.59 Å². The number of amidine groups is 1. The minimum atomic E-state index is -0.442. The fourth-order valence-corrected chi connectivity index (χ4v) is 3.25. The molecule has 0 spiro atoms. The Labute approximate surface area is 141 Å². The average molecular weight is 383 g/mol. The van der Waals surface area contributed by atoms with Gasteiger partial charge in [0.15, 0.2) is 5.17 Å². The molecule has 2 amide bonds. The van der Waals surface area contributed by atoms with Crippen LogP contribution in [0, 0.1) is 0 Å². The average Bonchev–Trinajstić information content (AvgIpc) is 2.77. The normalized spacial score (nSPS) is 20.1. The summed E-state index contributed by atoms with van der Waals surface area (Å²) >= 11 is 4.67. The molecule has 6 nitrogen and oxygen atoms in total. The summed E-state index contributed by atoms with van der Waals surface area (Å²) < 4.78 is 0.917. The summed E-state index contributed by atoms with van der Waals surface area (Å²) in [5.41, 5.74) is 0.894. The van der Waals surface area contributed by atoms with E-state index in [2.05, 4.69) is 31.4 Å². The highest BCUT2D eigenvalue weighted by atomic mass is 79.9. The SMILES string of the molecule is CNC(=O)CC1S/C(=N\N=C\c2ccccc2Br)N(C)C1=O. The molecule has 1 aliphatic heterocycles. The van der Waals surface area contributed by atoms with Crippen LogP contribution in [0.3, 0.4) is 0 Å². The number of nitrogens with zero attached hydrogens (tertiary/aromatic N) is 3. The zero-order valence-electron chi connectivity index (χ0n) is 12.1. The number of carbonyl (C=O) groups is 2. The van der Waals surface area contributed by atoms with Crippen molar-refractivity contribution in [3.05, 3.63) is 34.3 Å². The maximum atomic E-state index is 12.0. The van der Waals surface area contributed by atoms with Gasteiger partial charge >= 0.3 is 0 Å². The van der Waals surface area contributed by atoms with Crippen molar-refractivity contribution in [1.29, 1.82) is 0 Å². The third kappa shape index (κ3) is 3.95. The molecule has 0 aromatic heterocycles. The second kappa shape index (κ2) is 7.55. The van der Waals surface area contributed by atoms with Crippen molar-refractivity contribution in [2.75, 3.05) is 14.1 Å². The van der Waals surface area contributed by atoms with Crippen LogP contribution in [0.1, 0.15) is 12.0 Å². The maximum absolute atomic E-state index is 12.0. The molecule has 1 aromatic rings. The summed E-state index contributed by atoms with van der Waals surface area (Å²) in [7, 11) is 3.18. The van der Waals surface area contributed by atoms with E-state index in [1.807, 2.05) is 24.3 Å². The van der Waals surface area contributed by atoms with Crippen LogP contribution in [0.4, 0.5) is 0 Å². The number of hydrogen-bond donors (Lipinski definition) is 1. The van der Waals surface area contributed by atoms with Gasteiger partial charge in [0.05, 0.1) is 6.21 Å². The standard InChI is InChI=1S/C14H15BrN4O2S/c1-16-12(20)7-11-13(21)19(2)14(22-11)18-17-8-9-5-3-4-6-10(9)15/h3-6,8,11H,7H2,1-2H3,(H,16,20)/b17-8+,18-14-. The molecular formula is C14H15BrN4O2S. The Kier molecular flexibility index (Phi) is 5.73. The largest absolute Gasteiger partial charge is 0.359 e. The summed E-state index contributed by atoms with van der Waals surface area (Å²) in [5, 5.41) is 10.7. The lowest BCUT2D eigenvalue weighted by molar-refractivity contribution is -0.128. The Balaban J connectivity index is 2.07. The second-order valence-electron chi connectivity index (χ2n) is 4.53. The number of thioether (sulfide) groups is 1. The van der Waals surface area contributed by atoms with Crippen molar-refractivity contribution in [1.82, 2.24) is 10.2 Å². The molecule has 116 valence electrons. The van der Waals surface area contributed by atoms with Crippen molar-refractivity contribution in [2.45, 2.75) is 11.7 Å². The lowest BCUT2D eigenvalue weighted by Gasteiger charge is -2.07. The number of nitrogens with one attached hydrogen (secondary N) is 1. The minimum absolute atomic E-state index is 0.136. The Morgan fingerprint density at radius 2 is 2.23 bits per heavy atom. The van der Waals surface area contributed by atoms with Gasteiger partial charge in [0.1, 0.15) is 5.25 Å². The van der Waals surface area contributed by atoms with Crippen LogP contribution in [0.25, 0.3) is 0 Å². The second-order valence-corrected chi connectivity index (χ2v) is 6.55. The van der Waals surface area contributed by atoms with Gasteiger partial charge in [-0.15, -0.1) is 5.10 Å². The van der Waals surface area contributed by atoms with Gasteiger partial charge in [-0.05, 0) is 6.07 Å². The third-order valence-electron chi connectivity index (χ3n) is 3.04. The van der Waals surface area contributed by atoms with Gasteiger partial charge in [0, 0.05) is 30.6 Å². The first-order valence-corrected chi connectivity index (χ1v) is 8.20. The van der Waals surface area contributed by atoms with Crippen molar-refractivity contribution in [2.24, 2.45) is 10.2 Å². The zero-order chi connectivity index (χ0) is 16.1. The van der Waals surface area contributed by atoms with Gasteiger partial charge in [-0.2, -0.15) is 5.10 Å². The molecule has 0 bridgehead atoms. The Hall–Kier alpha value is -1.67. The molecule has 1 aliphatic rings. The zero-order valence-corrected chi connectivity index (χ0v) is 14.5. The molecule has 1 atom stereocenters. The predicted octanol–water partition coefficient (Wildman–Crippen LogP) is 1.85. The summed E-state index contributed by atoms with van der Waals surface area (Å²) in [6.45, 7) is 0. The molecule has 2 rings (SSSR count). The number of carbonyl (C=O) groups excluding carboxylic acids is 2. The van der Waals surface area contributed by atoms with Crippen LogP contribution in [-0.4, -0.2) is 47.4 Å². The molecule has 1 N–H and O–H groups in total. The fraction of sp³-hybridized carbons (Fsp3) is 0.286. The maximum Gasteiger partial charge on any atom is 0.242 e. The number of benzene rings is 1. The van der Waals surface area contributed by atoms with Gasteiger partial charge in [0.25, 0.3) is 0 Å².